The highest BCUT2D eigenvalue weighted by Crippen LogP contribution is 2.36. The fourth-order valence-corrected chi connectivity index (χ4v) is 2.47. The molecule has 0 aliphatic heterocycles. The Labute approximate surface area is 165 Å². The zero-order chi connectivity index (χ0) is 22.4. The number of benzene rings is 2. The molecule has 0 spiro atoms. The van der Waals surface area contributed by atoms with Gasteiger partial charge in [0.2, 0.25) is 0 Å². The van der Waals surface area contributed by atoms with Gasteiger partial charge in [-0.15, -0.1) is 0 Å². The second kappa shape index (κ2) is 9.58. The molecular formula is C17H20F4N4O3S. The van der Waals surface area contributed by atoms with Gasteiger partial charge in [0.1, 0.15) is 11.6 Å². The molecule has 0 saturated heterocycles. The topological polar surface area (TPSA) is 125 Å². The molecule has 12 heteroatoms. The van der Waals surface area contributed by atoms with Gasteiger partial charge in [0.15, 0.2) is 0 Å². The molecule has 29 heavy (non-hydrogen) atoms. The van der Waals surface area contributed by atoms with Crippen LogP contribution in [0.5, 0.6) is 5.75 Å². The van der Waals surface area contributed by atoms with Crippen LogP contribution in [0.15, 0.2) is 48.7 Å². The molecule has 0 aliphatic rings. The average molecular weight is 436 g/mol. The first-order valence-electron chi connectivity index (χ1n) is 8.07. The second-order valence-corrected chi connectivity index (χ2v) is 6.40. The fraction of sp³-hybridized carbons (Fsp3) is 0.176. The molecule has 7 nitrogen and oxygen atoms in total. The van der Waals surface area contributed by atoms with Crippen LogP contribution in [0, 0.1) is 5.82 Å². The van der Waals surface area contributed by atoms with E-state index in [0.717, 1.165) is 18.3 Å². The summed E-state index contributed by atoms with van der Waals surface area (Å²) in [4.78, 5) is 0. The minimum atomic E-state index is -4.83. The van der Waals surface area contributed by atoms with Gasteiger partial charge < -0.3 is 9.92 Å². The molecule has 0 unspecified atom stereocenters. The van der Waals surface area contributed by atoms with Crippen molar-refractivity contribution in [2.75, 3.05) is 5.01 Å². The molecule has 0 aromatic heterocycles. The number of hydrazine groups is 1. The Morgan fingerprint density at radius 3 is 2.14 bits per heavy atom. The van der Waals surface area contributed by atoms with Gasteiger partial charge in [0.25, 0.3) is 0 Å². The van der Waals surface area contributed by atoms with Gasteiger partial charge in [-0.25, -0.2) is 10.2 Å². The molecule has 0 radical (unpaired) electrons. The lowest BCUT2D eigenvalue weighted by atomic mass is 10.1. The monoisotopic (exact) mass is 436 g/mol. The third kappa shape index (κ3) is 7.25. The maximum atomic E-state index is 13.2. The summed E-state index contributed by atoms with van der Waals surface area (Å²) >= 11 is 0. The van der Waals surface area contributed by atoms with Gasteiger partial charge in [-0.1, -0.05) is 13.8 Å². The molecule has 0 fully saturated rings. The third-order valence-electron chi connectivity index (χ3n) is 3.22. The number of halogens is 4. The molecular weight excluding hydrogens is 416 g/mol. The van der Waals surface area contributed by atoms with Crippen LogP contribution in [-0.4, -0.2) is 8.42 Å². The van der Waals surface area contributed by atoms with E-state index in [9.17, 15) is 26.0 Å². The fourth-order valence-electron chi connectivity index (χ4n) is 2.09. The summed E-state index contributed by atoms with van der Waals surface area (Å²) in [5.41, 5.74) is 4.28. The third-order valence-corrected chi connectivity index (χ3v) is 3.65. The summed E-state index contributed by atoms with van der Waals surface area (Å²) in [5.74, 6) is 4.47. The van der Waals surface area contributed by atoms with Crippen molar-refractivity contribution in [2.45, 2.75) is 20.0 Å². The van der Waals surface area contributed by atoms with E-state index in [2.05, 4.69) is 4.18 Å². The van der Waals surface area contributed by atoms with Gasteiger partial charge in [-0.3, -0.25) is 5.01 Å². The van der Waals surface area contributed by atoms with Gasteiger partial charge in [0.05, 0.1) is 16.9 Å². The Morgan fingerprint density at radius 1 is 1.10 bits per heavy atom. The molecule has 0 amide bonds. The number of hydrogen-bond acceptors (Lipinski definition) is 6. The Bertz CT molecular complexity index is 962. The molecule has 0 aliphatic carbocycles. The van der Waals surface area contributed by atoms with Crippen molar-refractivity contribution in [1.29, 1.82) is 0 Å². The molecule has 2 rings (SSSR count). The first-order valence-corrected chi connectivity index (χ1v) is 9.54. The van der Waals surface area contributed by atoms with Crippen molar-refractivity contribution in [2.24, 2.45) is 16.7 Å². The van der Waals surface area contributed by atoms with E-state index in [0.29, 0.717) is 16.6 Å². The lowest BCUT2D eigenvalue weighted by molar-refractivity contribution is -0.137. The van der Waals surface area contributed by atoms with Crippen LogP contribution in [0.4, 0.5) is 23.2 Å². The molecule has 0 saturated carbocycles. The number of hydrogen-bond donors (Lipinski definition) is 3. The van der Waals surface area contributed by atoms with Gasteiger partial charge in [-0.2, -0.15) is 26.7 Å². The lowest BCUT2D eigenvalue weighted by Crippen LogP contribution is -2.28. The van der Waals surface area contributed by atoms with Crippen LogP contribution in [0.1, 0.15) is 25.0 Å². The predicted octanol–water partition coefficient (Wildman–Crippen LogP) is 3.09. The maximum absolute atomic E-state index is 13.2. The zero-order valence-electron chi connectivity index (χ0n) is 15.4. The van der Waals surface area contributed by atoms with Crippen molar-refractivity contribution >= 4 is 21.7 Å². The largest absolute Gasteiger partial charge is 0.418 e. The Balaban J connectivity index is 0.00000204. The van der Waals surface area contributed by atoms with E-state index in [1.165, 1.54) is 24.3 Å². The van der Waals surface area contributed by atoms with E-state index >= 15 is 0 Å². The quantitative estimate of drug-likeness (QED) is 0.376. The molecule has 160 valence electrons. The van der Waals surface area contributed by atoms with Crippen LogP contribution >= 0.6 is 0 Å². The van der Waals surface area contributed by atoms with E-state index in [1.807, 2.05) is 13.8 Å². The number of anilines is 1. The first-order chi connectivity index (χ1) is 13.4. The highest BCUT2D eigenvalue weighted by molar-refractivity contribution is 7.84. The Hall–Kier alpha value is -2.83. The van der Waals surface area contributed by atoms with Crippen LogP contribution in [0.3, 0.4) is 0 Å². The van der Waals surface area contributed by atoms with E-state index in [4.69, 9.17) is 16.7 Å². The summed E-state index contributed by atoms with van der Waals surface area (Å²) < 4.78 is 78.4. The van der Waals surface area contributed by atoms with E-state index in [-0.39, 0.29) is 11.4 Å². The van der Waals surface area contributed by atoms with Crippen molar-refractivity contribution in [3.8, 4) is 5.75 Å². The molecule has 0 bridgehead atoms. The summed E-state index contributed by atoms with van der Waals surface area (Å²) in [6, 6.07) is 7.17. The normalized spacial score (nSPS) is 12.1. The van der Waals surface area contributed by atoms with Crippen LogP contribution in [-0.2, 0) is 16.5 Å². The predicted molar refractivity (Wildman–Crippen MR) is 102 cm³/mol. The second-order valence-electron chi connectivity index (χ2n) is 5.25. The van der Waals surface area contributed by atoms with E-state index < -0.39 is 33.5 Å². The van der Waals surface area contributed by atoms with Gasteiger partial charge >= 0.3 is 16.5 Å². The van der Waals surface area contributed by atoms with Crippen molar-refractivity contribution in [3.05, 3.63) is 65.6 Å². The number of rotatable bonds is 5. The SMILES string of the molecule is CC.N/C(=C\N(N)c1ccc(F)cc1C(F)(F)F)c1ccc(OS(N)(=O)=O)cc1. The minimum absolute atomic E-state index is 0.0443. The van der Waals surface area contributed by atoms with Crippen LogP contribution in [0.2, 0.25) is 0 Å². The molecule has 6 N–H and O–H groups in total. The van der Waals surface area contributed by atoms with Crippen molar-refractivity contribution in [3.63, 3.8) is 0 Å². The number of nitrogens with zero attached hydrogens (tertiary/aromatic N) is 1. The summed E-state index contributed by atoms with van der Waals surface area (Å²) in [7, 11) is -4.20. The maximum Gasteiger partial charge on any atom is 0.418 e. The van der Waals surface area contributed by atoms with Crippen LogP contribution < -0.4 is 25.9 Å². The lowest BCUT2D eigenvalue weighted by Gasteiger charge is -2.20. The van der Waals surface area contributed by atoms with Gasteiger partial charge in [0, 0.05) is 6.20 Å². The zero-order valence-corrected chi connectivity index (χ0v) is 16.3. The van der Waals surface area contributed by atoms with E-state index in [1.54, 1.807) is 0 Å². The summed E-state index contributed by atoms with van der Waals surface area (Å²) in [6.45, 7) is 4.00. The molecule has 0 heterocycles. The van der Waals surface area contributed by atoms with Crippen molar-refractivity contribution in [1.82, 2.24) is 0 Å². The summed E-state index contributed by atoms with van der Waals surface area (Å²) in [6.07, 6.45) is -3.83. The highest BCUT2D eigenvalue weighted by Gasteiger charge is 2.35. The minimum Gasteiger partial charge on any atom is -0.397 e. The number of nitrogens with two attached hydrogens (primary N) is 3. The standard InChI is InChI=1S/C15H14F4N4O3S.C2H6/c16-10-3-6-14(12(7-10)15(17,18)19)23(21)8-13(20)9-1-4-11(5-2-9)26-27(22,24)25;1-2/h1-8H,20-21H2,(H2,22,24,25);1-2H3/b13-8-;. The summed E-state index contributed by atoms with van der Waals surface area (Å²) in [5, 5.41) is 5.33. The Kier molecular flexibility index (Phi) is 8.00. The smallest absolute Gasteiger partial charge is 0.397 e. The number of alkyl halides is 3. The van der Waals surface area contributed by atoms with Crippen LogP contribution in [0.25, 0.3) is 5.70 Å². The van der Waals surface area contributed by atoms with Gasteiger partial charge in [-0.05, 0) is 48.0 Å². The average Bonchev–Trinajstić information content (AvgIpc) is 2.61. The molecule has 2 aromatic rings. The highest BCUT2D eigenvalue weighted by atomic mass is 32.2. The molecule has 2 aromatic carbocycles. The Morgan fingerprint density at radius 2 is 1.66 bits per heavy atom. The van der Waals surface area contributed by atoms with Crippen molar-refractivity contribution < 1.29 is 30.2 Å². The molecule has 0 atom stereocenters. The first kappa shape index (κ1) is 24.2.